The van der Waals surface area contributed by atoms with Crippen LogP contribution in [0, 0.1) is 0 Å². The summed E-state index contributed by atoms with van der Waals surface area (Å²) in [6, 6.07) is -1.05. The van der Waals surface area contributed by atoms with E-state index in [-0.39, 0.29) is 5.92 Å². The van der Waals surface area contributed by atoms with Crippen molar-refractivity contribution in [3.63, 3.8) is 0 Å². The normalized spacial score (nSPS) is 13.2. The van der Waals surface area contributed by atoms with E-state index in [9.17, 15) is 4.79 Å². The third kappa shape index (κ3) is 2.22. The van der Waals surface area contributed by atoms with E-state index in [1.807, 2.05) is 13.8 Å². The molecule has 13 heavy (non-hydrogen) atoms. The van der Waals surface area contributed by atoms with Crippen molar-refractivity contribution in [3.8, 4) is 0 Å². The van der Waals surface area contributed by atoms with Crippen molar-refractivity contribution >= 4 is 17.3 Å². The maximum atomic E-state index is 10.5. The summed E-state index contributed by atoms with van der Waals surface area (Å²) in [5.41, 5.74) is 5.36. The molecule has 72 valence electrons. The second kappa shape index (κ2) is 3.80. The number of aliphatic carboxylic acids is 1. The van der Waals surface area contributed by atoms with Gasteiger partial charge in [0.25, 0.3) is 0 Å². The van der Waals surface area contributed by atoms with Crippen LogP contribution >= 0.6 is 11.3 Å². The van der Waals surface area contributed by atoms with Gasteiger partial charge in [0.05, 0.1) is 0 Å². The van der Waals surface area contributed by atoms with Crippen LogP contribution in [-0.4, -0.2) is 21.3 Å². The van der Waals surface area contributed by atoms with Gasteiger partial charge in [-0.05, 0) is 0 Å². The molecule has 6 heteroatoms. The summed E-state index contributed by atoms with van der Waals surface area (Å²) in [5.74, 6) is -0.821. The lowest BCUT2D eigenvalue weighted by molar-refractivity contribution is -0.138. The fraction of sp³-hybridized carbons (Fsp3) is 0.571. The van der Waals surface area contributed by atoms with Crippen LogP contribution in [-0.2, 0) is 4.79 Å². The van der Waals surface area contributed by atoms with Crippen LogP contribution in [0.2, 0.25) is 0 Å². The van der Waals surface area contributed by atoms with Crippen molar-refractivity contribution in [2.24, 2.45) is 5.73 Å². The average Bonchev–Trinajstić information content (AvgIpc) is 2.50. The fourth-order valence-corrected chi connectivity index (χ4v) is 1.55. The van der Waals surface area contributed by atoms with Crippen LogP contribution in [0.25, 0.3) is 0 Å². The van der Waals surface area contributed by atoms with Crippen molar-refractivity contribution in [2.45, 2.75) is 25.8 Å². The minimum atomic E-state index is -1.08. The molecule has 1 rings (SSSR count). The Morgan fingerprint density at radius 1 is 1.46 bits per heavy atom. The Bertz CT molecular complexity index is 310. The number of rotatable bonds is 3. The molecule has 1 aromatic rings. The predicted molar refractivity (Wildman–Crippen MR) is 48.6 cm³/mol. The smallest absolute Gasteiger partial charge is 0.327 e. The van der Waals surface area contributed by atoms with E-state index in [0.29, 0.717) is 5.01 Å². The summed E-state index contributed by atoms with van der Waals surface area (Å²) in [6.45, 7) is 3.94. The minimum absolute atomic E-state index is 0.257. The molecule has 1 heterocycles. The number of nitrogens with two attached hydrogens (primary N) is 1. The topological polar surface area (TPSA) is 89.1 Å². The first-order valence-corrected chi connectivity index (χ1v) is 4.65. The lowest BCUT2D eigenvalue weighted by Crippen LogP contribution is -2.20. The summed E-state index contributed by atoms with van der Waals surface area (Å²) in [7, 11) is 0. The molecule has 0 aliphatic carbocycles. The average molecular weight is 201 g/mol. The molecule has 0 aliphatic rings. The zero-order chi connectivity index (χ0) is 10.0. The summed E-state index contributed by atoms with van der Waals surface area (Å²) in [6.07, 6.45) is 0. The highest BCUT2D eigenvalue weighted by Crippen LogP contribution is 2.22. The van der Waals surface area contributed by atoms with Crippen molar-refractivity contribution in [3.05, 3.63) is 10.0 Å². The van der Waals surface area contributed by atoms with E-state index in [1.165, 1.54) is 11.3 Å². The molecule has 5 nitrogen and oxygen atoms in total. The van der Waals surface area contributed by atoms with E-state index in [1.54, 1.807) is 0 Å². The second-order valence-corrected chi connectivity index (χ2v) is 3.99. The van der Waals surface area contributed by atoms with Crippen LogP contribution in [0.3, 0.4) is 0 Å². The quantitative estimate of drug-likeness (QED) is 0.753. The third-order valence-corrected chi connectivity index (χ3v) is 2.79. The summed E-state index contributed by atoms with van der Waals surface area (Å²) in [5, 5.41) is 17.3. The van der Waals surface area contributed by atoms with Gasteiger partial charge in [-0.3, -0.25) is 4.79 Å². The zero-order valence-corrected chi connectivity index (χ0v) is 8.21. The van der Waals surface area contributed by atoms with Gasteiger partial charge in [0.2, 0.25) is 0 Å². The van der Waals surface area contributed by atoms with Gasteiger partial charge in [0, 0.05) is 5.92 Å². The molecule has 0 aromatic carbocycles. The number of carbonyl (C=O) groups is 1. The molecule has 0 aliphatic heterocycles. The standard InChI is InChI=1S/C7H11N3O2S/c1-3(2)5-9-10-6(13-5)4(8)7(11)12/h3-4H,8H2,1-2H3,(H,11,12). The van der Waals surface area contributed by atoms with Gasteiger partial charge in [0.1, 0.15) is 10.0 Å². The molecule has 1 unspecified atom stereocenters. The lowest BCUT2D eigenvalue weighted by Gasteiger charge is -1.98. The van der Waals surface area contributed by atoms with Gasteiger partial charge in [-0.2, -0.15) is 0 Å². The van der Waals surface area contributed by atoms with E-state index in [2.05, 4.69) is 10.2 Å². The molecule has 1 aromatic heterocycles. The molecule has 3 N–H and O–H groups in total. The molecule has 0 fully saturated rings. The Morgan fingerprint density at radius 3 is 2.38 bits per heavy atom. The maximum Gasteiger partial charge on any atom is 0.327 e. The number of aromatic nitrogens is 2. The second-order valence-electron chi connectivity index (χ2n) is 2.95. The number of hydrogen-bond donors (Lipinski definition) is 2. The highest BCUT2D eigenvalue weighted by atomic mass is 32.1. The van der Waals surface area contributed by atoms with Gasteiger partial charge < -0.3 is 10.8 Å². The van der Waals surface area contributed by atoms with E-state index >= 15 is 0 Å². The van der Waals surface area contributed by atoms with Crippen LogP contribution in [0.5, 0.6) is 0 Å². The van der Waals surface area contributed by atoms with Gasteiger partial charge >= 0.3 is 5.97 Å². The molecule has 1 atom stereocenters. The van der Waals surface area contributed by atoms with Crippen molar-refractivity contribution in [1.29, 1.82) is 0 Å². The predicted octanol–water partition coefficient (Wildman–Crippen LogP) is 0.746. The third-order valence-electron chi connectivity index (χ3n) is 1.48. The Hall–Kier alpha value is -1.01. The largest absolute Gasteiger partial charge is 0.480 e. The van der Waals surface area contributed by atoms with E-state index in [4.69, 9.17) is 10.8 Å². The first-order chi connectivity index (χ1) is 6.02. The van der Waals surface area contributed by atoms with Gasteiger partial charge in [-0.15, -0.1) is 10.2 Å². The van der Waals surface area contributed by atoms with Gasteiger partial charge in [0.15, 0.2) is 6.04 Å². The number of carboxylic acid groups (broad SMARTS) is 1. The zero-order valence-electron chi connectivity index (χ0n) is 7.39. The number of hydrogen-bond acceptors (Lipinski definition) is 5. The molecule has 0 spiro atoms. The molecule has 0 bridgehead atoms. The Morgan fingerprint density at radius 2 is 2.00 bits per heavy atom. The Balaban J connectivity index is 2.85. The molecule has 0 saturated carbocycles. The fourth-order valence-electron chi connectivity index (χ4n) is 0.711. The summed E-state index contributed by atoms with van der Waals surface area (Å²) in [4.78, 5) is 10.5. The van der Waals surface area contributed by atoms with Crippen molar-refractivity contribution in [2.75, 3.05) is 0 Å². The first kappa shape index (κ1) is 10.1. The Labute approximate surface area is 79.6 Å². The van der Waals surface area contributed by atoms with Crippen LogP contribution < -0.4 is 5.73 Å². The van der Waals surface area contributed by atoms with Crippen molar-refractivity contribution < 1.29 is 9.90 Å². The van der Waals surface area contributed by atoms with Crippen LogP contribution in [0.15, 0.2) is 0 Å². The first-order valence-electron chi connectivity index (χ1n) is 3.84. The molecule has 0 radical (unpaired) electrons. The summed E-state index contributed by atoms with van der Waals surface area (Å²) < 4.78 is 0. The number of carboxylic acids is 1. The minimum Gasteiger partial charge on any atom is -0.480 e. The maximum absolute atomic E-state index is 10.5. The van der Waals surface area contributed by atoms with E-state index in [0.717, 1.165) is 5.01 Å². The molecular formula is C7H11N3O2S. The van der Waals surface area contributed by atoms with Crippen LogP contribution in [0.1, 0.15) is 35.8 Å². The molecule has 0 saturated heterocycles. The van der Waals surface area contributed by atoms with Crippen LogP contribution in [0.4, 0.5) is 0 Å². The summed E-state index contributed by atoms with van der Waals surface area (Å²) >= 11 is 1.25. The monoisotopic (exact) mass is 201 g/mol. The molecular weight excluding hydrogens is 190 g/mol. The van der Waals surface area contributed by atoms with Gasteiger partial charge in [-0.1, -0.05) is 25.2 Å². The lowest BCUT2D eigenvalue weighted by atomic mass is 10.2. The highest BCUT2D eigenvalue weighted by Gasteiger charge is 2.19. The Kier molecular flexibility index (Phi) is 2.94. The molecule has 0 amide bonds. The SMILES string of the molecule is CC(C)c1nnc(C(N)C(=O)O)s1. The highest BCUT2D eigenvalue weighted by molar-refractivity contribution is 7.11. The van der Waals surface area contributed by atoms with Crippen molar-refractivity contribution in [1.82, 2.24) is 10.2 Å². The van der Waals surface area contributed by atoms with Gasteiger partial charge in [-0.25, -0.2) is 0 Å². The number of nitrogens with zero attached hydrogens (tertiary/aromatic N) is 2. The van der Waals surface area contributed by atoms with E-state index < -0.39 is 12.0 Å².